The fraction of sp³-hybridized carbons (Fsp3) is 0.833. The minimum absolute atomic E-state index is 0.0346. The van der Waals surface area contributed by atoms with E-state index < -0.39 is 15.8 Å². The van der Waals surface area contributed by atoms with E-state index in [0.717, 1.165) is 0 Å². The van der Waals surface area contributed by atoms with E-state index in [9.17, 15) is 13.2 Å². The SMILES string of the molecule is O=C(CCS(=O)(=O)CCCl)OCCl. The fourth-order valence-corrected chi connectivity index (χ4v) is 2.34. The van der Waals surface area contributed by atoms with E-state index in [1.807, 2.05) is 0 Å². The number of carbonyl (C=O) groups is 1. The highest BCUT2D eigenvalue weighted by Gasteiger charge is 2.13. The number of alkyl halides is 2. The van der Waals surface area contributed by atoms with Crippen LogP contribution in [0.2, 0.25) is 0 Å². The van der Waals surface area contributed by atoms with Crippen LogP contribution in [0.25, 0.3) is 0 Å². The van der Waals surface area contributed by atoms with E-state index in [1.54, 1.807) is 0 Å². The third-order valence-corrected chi connectivity index (χ3v) is 3.40. The van der Waals surface area contributed by atoms with Crippen molar-refractivity contribution in [3.05, 3.63) is 0 Å². The van der Waals surface area contributed by atoms with Crippen molar-refractivity contribution < 1.29 is 17.9 Å². The van der Waals surface area contributed by atoms with Gasteiger partial charge >= 0.3 is 5.97 Å². The van der Waals surface area contributed by atoms with Crippen LogP contribution in [0.1, 0.15) is 6.42 Å². The van der Waals surface area contributed by atoms with Crippen molar-refractivity contribution in [2.24, 2.45) is 0 Å². The summed E-state index contributed by atoms with van der Waals surface area (Å²) in [5, 5.41) is 0. The molecule has 0 radical (unpaired) electrons. The van der Waals surface area contributed by atoms with E-state index in [0.29, 0.717) is 0 Å². The third kappa shape index (κ3) is 7.10. The quantitative estimate of drug-likeness (QED) is 0.515. The molecule has 0 fully saturated rings. The van der Waals surface area contributed by atoms with E-state index in [1.165, 1.54) is 0 Å². The Kier molecular flexibility index (Phi) is 6.45. The van der Waals surface area contributed by atoms with Crippen molar-refractivity contribution in [1.82, 2.24) is 0 Å². The summed E-state index contributed by atoms with van der Waals surface area (Å²) < 4.78 is 26.4. The first-order chi connectivity index (χ1) is 6.02. The number of hydrogen-bond acceptors (Lipinski definition) is 4. The molecule has 0 atom stereocenters. The molecule has 0 aromatic carbocycles. The smallest absolute Gasteiger partial charge is 0.308 e. The first-order valence-electron chi connectivity index (χ1n) is 3.50. The summed E-state index contributed by atoms with van der Waals surface area (Å²) in [4.78, 5) is 10.7. The van der Waals surface area contributed by atoms with E-state index >= 15 is 0 Å². The van der Waals surface area contributed by atoms with Crippen LogP contribution in [-0.2, 0) is 19.4 Å². The first kappa shape index (κ1) is 13.0. The Morgan fingerprint density at radius 1 is 1.23 bits per heavy atom. The van der Waals surface area contributed by atoms with Crippen LogP contribution < -0.4 is 0 Å². The molecule has 0 N–H and O–H groups in total. The predicted molar refractivity (Wildman–Crippen MR) is 50.8 cm³/mol. The Balaban J connectivity index is 3.81. The third-order valence-electron chi connectivity index (χ3n) is 1.22. The molecule has 0 aliphatic carbocycles. The summed E-state index contributed by atoms with van der Waals surface area (Å²) in [7, 11) is -3.22. The van der Waals surface area contributed by atoms with Gasteiger partial charge in [-0.1, -0.05) is 11.6 Å². The molecule has 13 heavy (non-hydrogen) atoms. The molecule has 4 nitrogen and oxygen atoms in total. The van der Waals surface area contributed by atoms with E-state index in [4.69, 9.17) is 23.2 Å². The maximum absolute atomic E-state index is 11.0. The zero-order valence-corrected chi connectivity index (χ0v) is 9.16. The van der Waals surface area contributed by atoms with Crippen molar-refractivity contribution >= 4 is 39.0 Å². The molecular weight excluding hydrogens is 239 g/mol. The summed E-state index contributed by atoms with van der Waals surface area (Å²) >= 11 is 10.3. The van der Waals surface area contributed by atoms with Crippen LogP contribution >= 0.6 is 23.2 Å². The summed E-state index contributed by atoms with van der Waals surface area (Å²) in [6, 6.07) is -0.256. The second kappa shape index (κ2) is 6.45. The summed E-state index contributed by atoms with van der Waals surface area (Å²) in [6.07, 6.45) is -0.175. The molecule has 0 spiro atoms. The van der Waals surface area contributed by atoms with Gasteiger partial charge in [-0.15, -0.1) is 11.6 Å². The lowest BCUT2D eigenvalue weighted by molar-refractivity contribution is -0.141. The number of halogens is 2. The molecule has 7 heteroatoms. The molecular formula is C6H10Cl2O4S. The van der Waals surface area contributed by atoms with Gasteiger partial charge in [-0.25, -0.2) is 8.42 Å². The van der Waals surface area contributed by atoms with Gasteiger partial charge in [0.05, 0.1) is 17.9 Å². The van der Waals surface area contributed by atoms with Gasteiger partial charge in [0.25, 0.3) is 0 Å². The van der Waals surface area contributed by atoms with Crippen LogP contribution in [0.15, 0.2) is 0 Å². The number of rotatable bonds is 6. The Labute approximate surface area is 87.1 Å². The van der Waals surface area contributed by atoms with Crippen molar-refractivity contribution in [2.45, 2.75) is 6.42 Å². The van der Waals surface area contributed by atoms with Gasteiger partial charge in [-0.3, -0.25) is 4.79 Å². The lowest BCUT2D eigenvalue weighted by atomic mass is 10.5. The van der Waals surface area contributed by atoms with Gasteiger partial charge in [-0.2, -0.15) is 0 Å². The number of sulfone groups is 1. The lowest BCUT2D eigenvalue weighted by Gasteiger charge is -2.01. The van der Waals surface area contributed by atoms with Gasteiger partial charge in [-0.05, 0) is 0 Å². The number of hydrogen-bond donors (Lipinski definition) is 0. The van der Waals surface area contributed by atoms with Crippen molar-refractivity contribution in [3.63, 3.8) is 0 Å². The van der Waals surface area contributed by atoms with Gasteiger partial charge < -0.3 is 4.74 Å². The molecule has 0 heterocycles. The molecule has 0 unspecified atom stereocenters. The van der Waals surface area contributed by atoms with Crippen molar-refractivity contribution in [3.8, 4) is 0 Å². The number of esters is 1. The minimum Gasteiger partial charge on any atom is -0.449 e. The molecule has 0 amide bonds. The molecule has 0 bridgehead atoms. The fourth-order valence-electron chi connectivity index (χ4n) is 0.591. The second-order valence-corrected chi connectivity index (χ2v) is 5.12. The van der Waals surface area contributed by atoms with E-state index in [-0.39, 0.29) is 29.9 Å². The van der Waals surface area contributed by atoms with Gasteiger partial charge in [0.2, 0.25) is 0 Å². The Hall–Kier alpha value is -0.000000000000000111. The molecule has 0 aliphatic heterocycles. The zero-order chi connectivity index (χ0) is 10.3. The maximum Gasteiger partial charge on any atom is 0.308 e. The predicted octanol–water partition coefficient (Wildman–Crippen LogP) is 0.770. The average molecular weight is 249 g/mol. The number of carbonyl (C=O) groups excluding carboxylic acids is 1. The van der Waals surface area contributed by atoms with Crippen LogP contribution in [-0.4, -0.2) is 37.8 Å². The van der Waals surface area contributed by atoms with Crippen molar-refractivity contribution in [1.29, 1.82) is 0 Å². The van der Waals surface area contributed by atoms with Crippen LogP contribution in [0, 0.1) is 0 Å². The highest BCUT2D eigenvalue weighted by atomic mass is 35.5. The minimum atomic E-state index is -3.22. The summed E-state index contributed by atoms with van der Waals surface area (Å²) in [5.74, 6) is -0.946. The molecule has 0 rings (SSSR count). The topological polar surface area (TPSA) is 60.4 Å². The molecule has 78 valence electrons. The van der Waals surface area contributed by atoms with Gasteiger partial charge in [0.15, 0.2) is 15.9 Å². The lowest BCUT2D eigenvalue weighted by Crippen LogP contribution is -2.16. The van der Waals surface area contributed by atoms with Crippen LogP contribution in [0.3, 0.4) is 0 Å². The molecule has 0 aromatic heterocycles. The molecule has 0 aliphatic rings. The molecule has 0 saturated carbocycles. The summed E-state index contributed by atoms with van der Waals surface area (Å²) in [6.45, 7) is 0. The zero-order valence-electron chi connectivity index (χ0n) is 6.83. The first-order valence-corrected chi connectivity index (χ1v) is 6.39. The highest BCUT2D eigenvalue weighted by molar-refractivity contribution is 7.91. The summed E-state index contributed by atoms with van der Waals surface area (Å²) in [5.41, 5.74) is 0. The van der Waals surface area contributed by atoms with Crippen LogP contribution in [0.5, 0.6) is 0 Å². The molecule has 0 saturated heterocycles. The van der Waals surface area contributed by atoms with Gasteiger partial charge in [0.1, 0.15) is 0 Å². The number of ether oxygens (including phenoxy) is 1. The second-order valence-electron chi connectivity index (χ2n) is 2.22. The Bertz CT molecular complexity index is 249. The Morgan fingerprint density at radius 2 is 1.85 bits per heavy atom. The normalized spacial score (nSPS) is 11.2. The monoisotopic (exact) mass is 248 g/mol. The van der Waals surface area contributed by atoms with Crippen molar-refractivity contribution in [2.75, 3.05) is 23.5 Å². The standard InChI is InChI=1S/C6H10Cl2O4S/c7-2-4-13(10,11)3-1-6(9)12-5-8/h1-5H2. The Morgan fingerprint density at radius 3 is 2.31 bits per heavy atom. The van der Waals surface area contributed by atoms with Gasteiger partial charge in [0, 0.05) is 5.88 Å². The highest BCUT2D eigenvalue weighted by Crippen LogP contribution is 1.97. The van der Waals surface area contributed by atoms with Crippen LogP contribution in [0.4, 0.5) is 0 Å². The largest absolute Gasteiger partial charge is 0.449 e. The molecule has 0 aromatic rings. The maximum atomic E-state index is 11.0. The van der Waals surface area contributed by atoms with E-state index in [2.05, 4.69) is 4.74 Å². The average Bonchev–Trinajstić information content (AvgIpc) is 2.02.